The van der Waals surface area contributed by atoms with Crippen LogP contribution in [0.5, 0.6) is 0 Å². The molecule has 2 nitrogen and oxygen atoms in total. The Balaban J connectivity index is 2.21. The minimum atomic E-state index is 0.636. The van der Waals surface area contributed by atoms with Gasteiger partial charge in [-0.15, -0.1) is 0 Å². The van der Waals surface area contributed by atoms with Crippen LogP contribution < -0.4 is 0 Å². The minimum absolute atomic E-state index is 0.636. The van der Waals surface area contributed by atoms with Crippen molar-refractivity contribution >= 4 is 0 Å². The molecule has 1 aliphatic rings. The van der Waals surface area contributed by atoms with Crippen LogP contribution in [0, 0.1) is 0 Å². The molecule has 0 aromatic heterocycles. The summed E-state index contributed by atoms with van der Waals surface area (Å²) in [6.07, 6.45) is 64.9. The van der Waals surface area contributed by atoms with E-state index in [1.807, 2.05) is 0 Å². The zero-order valence-corrected chi connectivity index (χ0v) is 36.0. The molecule has 1 unspecified atom stereocenters. The maximum atomic E-state index is 2.74. The van der Waals surface area contributed by atoms with Crippen LogP contribution in [0.15, 0.2) is 12.4 Å². The van der Waals surface area contributed by atoms with Crippen LogP contribution in [0.1, 0.15) is 284 Å². The van der Waals surface area contributed by atoms with Crippen LogP contribution in [-0.2, 0) is 0 Å². The molecule has 0 aromatic carbocycles. The monoisotopic (exact) mass is 715 g/mol. The van der Waals surface area contributed by atoms with Crippen molar-refractivity contribution in [3.05, 3.63) is 12.4 Å². The molecule has 0 radical (unpaired) electrons. The lowest BCUT2D eigenvalue weighted by Gasteiger charge is -2.33. The lowest BCUT2D eigenvalue weighted by atomic mass is 10.0. The van der Waals surface area contributed by atoms with Gasteiger partial charge in [-0.25, -0.2) is 0 Å². The summed E-state index contributed by atoms with van der Waals surface area (Å²) < 4.78 is 0. The molecule has 0 bridgehead atoms. The fourth-order valence-corrected chi connectivity index (χ4v) is 8.48. The first-order valence-electron chi connectivity index (χ1n) is 24.5. The quantitative estimate of drug-likeness (QED) is 0.0580. The Morgan fingerprint density at radius 2 is 0.451 bits per heavy atom. The Labute approximate surface area is 324 Å². The Morgan fingerprint density at radius 1 is 0.255 bits per heavy atom. The SMILES string of the molecule is CCCCCCCCCCCCCCCCC1N(CCCCCCCCCCCCCC)C=CN1CCCCCCCCCCCCCCCC. The first-order chi connectivity index (χ1) is 25.3. The molecule has 0 amide bonds. The van der Waals surface area contributed by atoms with Gasteiger partial charge in [-0.3, -0.25) is 0 Å². The van der Waals surface area contributed by atoms with E-state index in [-0.39, 0.29) is 0 Å². The van der Waals surface area contributed by atoms with Gasteiger partial charge in [0.25, 0.3) is 0 Å². The van der Waals surface area contributed by atoms with E-state index in [2.05, 4.69) is 43.0 Å². The molecule has 0 aliphatic carbocycles. The molecule has 0 saturated carbocycles. The van der Waals surface area contributed by atoms with E-state index in [0.29, 0.717) is 6.17 Å². The van der Waals surface area contributed by atoms with Crippen LogP contribution in [-0.4, -0.2) is 29.1 Å². The standard InChI is InChI=1S/C49H98N2/c1-4-7-10-13-16-19-22-25-27-29-32-35-38-41-44-49-50(45-42-39-36-33-30-24-21-18-15-12-9-6-3)47-48-51(49)46-43-40-37-34-31-28-26-23-20-17-14-11-8-5-2/h47-49H,4-46H2,1-3H3. The fourth-order valence-electron chi connectivity index (χ4n) is 8.48. The summed E-state index contributed by atoms with van der Waals surface area (Å²) in [5, 5.41) is 0. The summed E-state index contributed by atoms with van der Waals surface area (Å²) >= 11 is 0. The molecule has 0 N–H and O–H groups in total. The number of hydrogen-bond donors (Lipinski definition) is 0. The predicted molar refractivity (Wildman–Crippen MR) is 233 cm³/mol. The Kier molecular flexibility index (Phi) is 38.4. The lowest BCUT2D eigenvalue weighted by Crippen LogP contribution is -2.39. The molecule has 1 aliphatic heterocycles. The van der Waals surface area contributed by atoms with E-state index in [0.717, 1.165) is 0 Å². The highest BCUT2D eigenvalue weighted by molar-refractivity contribution is 4.97. The van der Waals surface area contributed by atoms with E-state index < -0.39 is 0 Å². The van der Waals surface area contributed by atoms with E-state index in [1.165, 1.54) is 276 Å². The Morgan fingerprint density at radius 3 is 0.686 bits per heavy atom. The van der Waals surface area contributed by atoms with Crippen LogP contribution in [0.4, 0.5) is 0 Å². The van der Waals surface area contributed by atoms with Gasteiger partial charge < -0.3 is 9.80 Å². The molecule has 51 heavy (non-hydrogen) atoms. The van der Waals surface area contributed by atoms with Crippen LogP contribution in [0.3, 0.4) is 0 Å². The largest absolute Gasteiger partial charge is 0.356 e. The average Bonchev–Trinajstić information content (AvgIpc) is 3.53. The second-order valence-corrected chi connectivity index (χ2v) is 17.1. The van der Waals surface area contributed by atoms with Crippen molar-refractivity contribution in [3.63, 3.8) is 0 Å². The molecule has 0 saturated heterocycles. The molecular weight excluding hydrogens is 617 g/mol. The number of hydrogen-bond acceptors (Lipinski definition) is 2. The second-order valence-electron chi connectivity index (χ2n) is 17.1. The van der Waals surface area contributed by atoms with Crippen LogP contribution in [0.25, 0.3) is 0 Å². The number of rotatable bonds is 43. The first-order valence-corrected chi connectivity index (χ1v) is 24.5. The normalized spacial score (nSPS) is 14.5. The maximum absolute atomic E-state index is 2.74. The van der Waals surface area contributed by atoms with Gasteiger partial charge in [0.05, 0.1) is 0 Å². The van der Waals surface area contributed by atoms with Gasteiger partial charge >= 0.3 is 0 Å². The highest BCUT2D eigenvalue weighted by atomic mass is 15.4. The summed E-state index contributed by atoms with van der Waals surface area (Å²) in [4.78, 5) is 5.48. The fraction of sp³-hybridized carbons (Fsp3) is 0.959. The van der Waals surface area contributed by atoms with Crippen LogP contribution >= 0.6 is 0 Å². The summed E-state index contributed by atoms with van der Waals surface area (Å²) in [6.45, 7) is 9.49. The minimum Gasteiger partial charge on any atom is -0.356 e. The van der Waals surface area contributed by atoms with Crippen molar-refractivity contribution in [2.45, 2.75) is 290 Å². The van der Waals surface area contributed by atoms with E-state index >= 15 is 0 Å². The third-order valence-electron chi connectivity index (χ3n) is 12.1. The Hall–Kier alpha value is -0.660. The van der Waals surface area contributed by atoms with Gasteiger partial charge in [0, 0.05) is 25.5 Å². The average molecular weight is 715 g/mol. The summed E-state index contributed by atoms with van der Waals surface area (Å²) in [7, 11) is 0. The molecule has 304 valence electrons. The number of nitrogens with zero attached hydrogens (tertiary/aromatic N) is 2. The molecule has 0 fully saturated rings. The highest BCUT2D eigenvalue weighted by Crippen LogP contribution is 2.24. The zero-order valence-electron chi connectivity index (χ0n) is 36.0. The van der Waals surface area contributed by atoms with Gasteiger partial charge in [-0.05, 0) is 25.7 Å². The first kappa shape index (κ1) is 48.4. The van der Waals surface area contributed by atoms with E-state index in [9.17, 15) is 0 Å². The van der Waals surface area contributed by atoms with Gasteiger partial charge in [0.2, 0.25) is 0 Å². The van der Waals surface area contributed by atoms with Gasteiger partial charge in [0.15, 0.2) is 0 Å². The van der Waals surface area contributed by atoms with Crippen LogP contribution in [0.2, 0.25) is 0 Å². The third-order valence-corrected chi connectivity index (χ3v) is 12.1. The maximum Gasteiger partial charge on any atom is 0.101 e. The molecule has 2 heteroatoms. The summed E-state index contributed by atoms with van der Waals surface area (Å²) in [5.41, 5.74) is 0. The van der Waals surface area contributed by atoms with Crippen molar-refractivity contribution in [1.82, 2.24) is 9.80 Å². The molecule has 1 heterocycles. The molecule has 0 aromatic rings. The van der Waals surface area contributed by atoms with Crippen molar-refractivity contribution < 1.29 is 0 Å². The molecule has 1 atom stereocenters. The van der Waals surface area contributed by atoms with Crippen molar-refractivity contribution in [3.8, 4) is 0 Å². The van der Waals surface area contributed by atoms with Crippen molar-refractivity contribution in [2.24, 2.45) is 0 Å². The van der Waals surface area contributed by atoms with Gasteiger partial charge in [-0.2, -0.15) is 0 Å². The highest BCUT2D eigenvalue weighted by Gasteiger charge is 2.24. The van der Waals surface area contributed by atoms with Crippen molar-refractivity contribution in [2.75, 3.05) is 13.1 Å². The zero-order chi connectivity index (χ0) is 36.6. The van der Waals surface area contributed by atoms with Gasteiger partial charge in [0.1, 0.15) is 6.17 Å². The smallest absolute Gasteiger partial charge is 0.101 e. The van der Waals surface area contributed by atoms with E-state index in [1.54, 1.807) is 0 Å². The molecular formula is C49H98N2. The van der Waals surface area contributed by atoms with E-state index in [4.69, 9.17) is 0 Å². The number of unbranched alkanes of at least 4 members (excludes halogenated alkanes) is 37. The van der Waals surface area contributed by atoms with Crippen molar-refractivity contribution in [1.29, 1.82) is 0 Å². The lowest BCUT2D eigenvalue weighted by molar-refractivity contribution is 0.135. The summed E-state index contributed by atoms with van der Waals surface area (Å²) in [6, 6.07) is 0. The summed E-state index contributed by atoms with van der Waals surface area (Å²) in [5.74, 6) is 0. The second kappa shape index (κ2) is 40.5. The topological polar surface area (TPSA) is 6.48 Å². The molecule has 1 rings (SSSR count). The Bertz CT molecular complexity index is 673. The van der Waals surface area contributed by atoms with Gasteiger partial charge in [-0.1, -0.05) is 258 Å². The molecule has 0 spiro atoms. The third kappa shape index (κ3) is 32.5. The predicted octanol–water partition coefficient (Wildman–Crippen LogP) is 17.5.